The van der Waals surface area contributed by atoms with Crippen LogP contribution in [-0.4, -0.2) is 69.0 Å². The van der Waals surface area contributed by atoms with Crippen LogP contribution in [0, 0.1) is 0 Å². The number of fused-ring (bicyclic) bond motifs is 1. The molecule has 10 nitrogen and oxygen atoms in total. The van der Waals surface area contributed by atoms with E-state index in [0.29, 0.717) is 22.9 Å². The molecule has 174 valence electrons. The van der Waals surface area contributed by atoms with E-state index in [1.54, 1.807) is 38.5 Å². The van der Waals surface area contributed by atoms with Crippen molar-refractivity contribution in [3.8, 4) is 22.8 Å². The van der Waals surface area contributed by atoms with Gasteiger partial charge in [0.05, 0.1) is 27.0 Å². The zero-order valence-corrected chi connectivity index (χ0v) is 18.9. The second-order valence-electron chi connectivity index (χ2n) is 8.30. The third-order valence-corrected chi connectivity index (χ3v) is 6.41. The molecule has 1 saturated heterocycles. The highest BCUT2D eigenvalue weighted by Gasteiger charge is 2.71. The summed E-state index contributed by atoms with van der Waals surface area (Å²) in [4.78, 5) is 32.5. The van der Waals surface area contributed by atoms with E-state index in [2.05, 4.69) is 15.2 Å². The van der Waals surface area contributed by atoms with Gasteiger partial charge in [-0.2, -0.15) is 15.0 Å². The lowest BCUT2D eigenvalue weighted by Gasteiger charge is -2.29. The molecule has 2 aliphatic heterocycles. The van der Waals surface area contributed by atoms with E-state index in [0.717, 1.165) is 16.0 Å². The quantitative estimate of drug-likeness (QED) is 0.613. The van der Waals surface area contributed by atoms with Gasteiger partial charge in [0.15, 0.2) is 0 Å². The van der Waals surface area contributed by atoms with Crippen LogP contribution in [0.2, 0.25) is 0 Å². The summed E-state index contributed by atoms with van der Waals surface area (Å²) in [6, 6.07) is 14.4. The summed E-state index contributed by atoms with van der Waals surface area (Å²) in [5.74, 6) is 0.302. The van der Waals surface area contributed by atoms with Crippen molar-refractivity contribution in [2.75, 3.05) is 20.8 Å². The van der Waals surface area contributed by atoms with Gasteiger partial charge >= 0.3 is 0 Å². The molecule has 0 radical (unpaired) electrons. The fourth-order valence-corrected chi connectivity index (χ4v) is 4.53. The fourth-order valence-electron chi connectivity index (χ4n) is 4.53. The molecule has 0 bridgehead atoms. The predicted molar refractivity (Wildman–Crippen MR) is 121 cm³/mol. The molecule has 2 amide bonds. The van der Waals surface area contributed by atoms with E-state index in [4.69, 9.17) is 9.47 Å². The molecule has 1 aromatic heterocycles. The number of aliphatic hydroxyl groups is 1. The minimum Gasteiger partial charge on any atom is -0.497 e. The maximum Gasteiger partial charge on any atom is 0.264 e. The molecule has 0 spiro atoms. The molecule has 3 heterocycles. The van der Waals surface area contributed by atoms with Gasteiger partial charge < -0.3 is 14.6 Å². The maximum absolute atomic E-state index is 13.6. The average molecular weight is 461 g/mol. The molecule has 2 aliphatic rings. The van der Waals surface area contributed by atoms with Gasteiger partial charge in [0.25, 0.3) is 5.91 Å². The second-order valence-corrected chi connectivity index (χ2v) is 8.30. The number of rotatable bonds is 5. The number of hydrogen-bond acceptors (Lipinski definition) is 8. The molecule has 0 aliphatic carbocycles. The number of benzene rings is 2. The molecule has 0 saturated carbocycles. The Hall–Kier alpha value is -4.05. The summed E-state index contributed by atoms with van der Waals surface area (Å²) in [6.07, 6.45) is 1.54. The molecule has 5 rings (SSSR count). The van der Waals surface area contributed by atoms with Crippen molar-refractivity contribution in [3.63, 3.8) is 0 Å². The summed E-state index contributed by atoms with van der Waals surface area (Å²) < 4.78 is 10.4. The normalized spacial score (nSPS) is 23.6. The number of ether oxygens (including phenoxy) is 2. The maximum atomic E-state index is 13.6. The van der Waals surface area contributed by atoms with E-state index >= 15 is 0 Å². The molecule has 2 aromatic carbocycles. The van der Waals surface area contributed by atoms with Gasteiger partial charge in [-0.1, -0.05) is 0 Å². The molecule has 1 fully saturated rings. The summed E-state index contributed by atoms with van der Waals surface area (Å²) in [5.41, 5.74) is -1.08. The van der Waals surface area contributed by atoms with E-state index < -0.39 is 23.1 Å². The first-order chi connectivity index (χ1) is 16.3. The lowest BCUT2D eigenvalue weighted by atomic mass is 9.87. The smallest absolute Gasteiger partial charge is 0.264 e. The van der Waals surface area contributed by atoms with Crippen LogP contribution in [0.5, 0.6) is 11.5 Å². The molecular formula is C24H23N5O5. The van der Waals surface area contributed by atoms with E-state index in [1.807, 2.05) is 24.3 Å². The lowest BCUT2D eigenvalue weighted by molar-refractivity contribution is -0.146. The van der Waals surface area contributed by atoms with E-state index in [1.165, 1.54) is 17.9 Å². The number of aliphatic imine (C=N–C) groups is 1. The minimum absolute atomic E-state index is 0.0230. The number of methoxy groups -OCH3 is 2. The monoisotopic (exact) mass is 461 g/mol. The summed E-state index contributed by atoms with van der Waals surface area (Å²) >= 11 is 0. The Morgan fingerprint density at radius 3 is 2.15 bits per heavy atom. The fraction of sp³-hybridized carbons (Fsp3) is 0.292. The number of nitrogens with zero attached hydrogens (tertiary/aromatic N) is 5. The van der Waals surface area contributed by atoms with Gasteiger partial charge in [-0.3, -0.25) is 14.5 Å². The molecule has 34 heavy (non-hydrogen) atoms. The zero-order valence-electron chi connectivity index (χ0n) is 18.9. The number of hydrogen-bond donors (Lipinski definition) is 1. The largest absolute Gasteiger partial charge is 0.497 e. The average Bonchev–Trinajstić information content (AvgIpc) is 3.51. The third kappa shape index (κ3) is 3.10. The first kappa shape index (κ1) is 21.8. The highest BCUT2D eigenvalue weighted by Crippen LogP contribution is 2.48. The Kier molecular flexibility index (Phi) is 4.98. The molecule has 3 aromatic rings. The minimum atomic E-state index is -1.92. The van der Waals surface area contributed by atoms with Crippen LogP contribution < -0.4 is 9.47 Å². The van der Waals surface area contributed by atoms with Crippen LogP contribution in [-0.2, 0) is 15.1 Å². The van der Waals surface area contributed by atoms with Crippen molar-refractivity contribution < 1.29 is 24.2 Å². The Bertz CT molecular complexity index is 1300. The first-order valence-electron chi connectivity index (χ1n) is 10.7. The number of carbonyl (C=O) groups excluding carboxylic acids is 2. The van der Waals surface area contributed by atoms with Crippen LogP contribution in [0.4, 0.5) is 0 Å². The van der Waals surface area contributed by atoms with Gasteiger partial charge in [0, 0.05) is 24.6 Å². The Balaban J connectivity index is 1.58. The molecule has 0 unspecified atom stereocenters. The summed E-state index contributed by atoms with van der Waals surface area (Å²) in [5, 5.41) is 20.6. The molecule has 1 N–H and O–H groups in total. The summed E-state index contributed by atoms with van der Waals surface area (Å²) in [7, 11) is 3.15. The number of β-amino-alcohol motifs (C(OH)–C–C–N with tert-alkyl or cyclic N) is 1. The third-order valence-electron chi connectivity index (χ3n) is 6.41. The topological polar surface area (TPSA) is 119 Å². The number of amides is 2. The SMILES string of the molecule is COc1ccc(C2=N[C@@]3(O)CN(C(C)=O)C(=O)[C@@]3(n3ncc(-c4ccc(OC)cc4)n3)C2)cc1. The Morgan fingerprint density at radius 1 is 1.00 bits per heavy atom. The van der Waals surface area contributed by atoms with Gasteiger partial charge in [0.1, 0.15) is 17.2 Å². The van der Waals surface area contributed by atoms with Crippen molar-refractivity contribution in [2.24, 2.45) is 4.99 Å². The van der Waals surface area contributed by atoms with Gasteiger partial charge in [-0.05, 0) is 54.1 Å². The zero-order chi connectivity index (χ0) is 24.1. The van der Waals surface area contributed by atoms with Crippen molar-refractivity contribution >= 4 is 17.5 Å². The highest BCUT2D eigenvalue weighted by atomic mass is 16.5. The first-order valence-corrected chi connectivity index (χ1v) is 10.7. The van der Waals surface area contributed by atoms with Crippen molar-refractivity contribution in [3.05, 3.63) is 60.3 Å². The Morgan fingerprint density at radius 2 is 1.59 bits per heavy atom. The van der Waals surface area contributed by atoms with Crippen LogP contribution in [0.25, 0.3) is 11.3 Å². The van der Waals surface area contributed by atoms with E-state index in [-0.39, 0.29) is 13.0 Å². The number of aromatic nitrogens is 3. The number of carbonyl (C=O) groups is 2. The lowest BCUT2D eigenvalue weighted by Crippen LogP contribution is -2.54. The van der Waals surface area contributed by atoms with Crippen LogP contribution in [0.3, 0.4) is 0 Å². The van der Waals surface area contributed by atoms with Crippen LogP contribution in [0.15, 0.2) is 59.7 Å². The van der Waals surface area contributed by atoms with Gasteiger partial charge in [-0.25, -0.2) is 4.99 Å². The second kappa shape index (κ2) is 7.77. The molecule has 2 atom stereocenters. The number of likely N-dealkylation sites (tertiary alicyclic amines) is 1. The Labute approximate surface area is 195 Å². The van der Waals surface area contributed by atoms with Crippen LogP contribution >= 0.6 is 0 Å². The van der Waals surface area contributed by atoms with Crippen molar-refractivity contribution in [2.45, 2.75) is 24.6 Å². The molecular weight excluding hydrogens is 438 g/mol. The van der Waals surface area contributed by atoms with Gasteiger partial charge in [-0.15, -0.1) is 0 Å². The van der Waals surface area contributed by atoms with Crippen molar-refractivity contribution in [1.29, 1.82) is 0 Å². The van der Waals surface area contributed by atoms with Crippen LogP contribution in [0.1, 0.15) is 18.9 Å². The molecule has 10 heteroatoms. The van der Waals surface area contributed by atoms with Crippen molar-refractivity contribution in [1.82, 2.24) is 19.9 Å². The predicted octanol–water partition coefficient (Wildman–Crippen LogP) is 1.63. The standard InChI is InChI=1S/C24H23N5O5/c1-15(30)28-14-24(32)23(22(28)31,12-20(26-24)16-4-8-18(33-2)9-5-16)29-25-13-21(27-29)17-6-10-19(34-3)11-7-17/h4-11,13,32H,12,14H2,1-3H3/t23-,24+/m0/s1. The van der Waals surface area contributed by atoms with E-state index in [9.17, 15) is 14.7 Å². The number of imide groups is 1. The van der Waals surface area contributed by atoms with Gasteiger partial charge in [0.2, 0.25) is 17.2 Å². The highest BCUT2D eigenvalue weighted by molar-refractivity contribution is 6.11. The summed E-state index contributed by atoms with van der Waals surface area (Å²) in [6.45, 7) is 1.00.